The number of esters is 1. The smallest absolute Gasteiger partial charge is 0.339 e. The molecule has 0 saturated heterocycles. The maximum atomic E-state index is 11.7. The lowest BCUT2D eigenvalue weighted by Gasteiger charge is -2.27. The molecule has 0 heterocycles. The number of carbonyl (C=O) groups is 2. The summed E-state index contributed by atoms with van der Waals surface area (Å²) in [5.74, 6) is -0.852. The van der Waals surface area contributed by atoms with E-state index in [0.717, 1.165) is 0 Å². The van der Waals surface area contributed by atoms with E-state index < -0.39 is 15.9 Å². The van der Waals surface area contributed by atoms with Gasteiger partial charge >= 0.3 is 5.97 Å². The van der Waals surface area contributed by atoms with Crippen LogP contribution in [0.3, 0.4) is 0 Å². The number of alkyl halides is 3. The van der Waals surface area contributed by atoms with Crippen molar-refractivity contribution in [1.29, 1.82) is 0 Å². The number of anilines is 1. The minimum atomic E-state index is -1.83. The van der Waals surface area contributed by atoms with E-state index in [9.17, 15) is 9.59 Å². The van der Waals surface area contributed by atoms with Gasteiger partial charge in [-0.25, -0.2) is 4.79 Å². The number of halogens is 3. The van der Waals surface area contributed by atoms with Gasteiger partial charge in [-0.05, 0) is 24.4 Å². The van der Waals surface area contributed by atoms with Crippen LogP contribution >= 0.6 is 47.0 Å². The highest BCUT2D eigenvalue weighted by molar-refractivity contribution is 7.80. The Bertz CT molecular complexity index is 623. The van der Waals surface area contributed by atoms with E-state index in [0.29, 0.717) is 5.69 Å². The number of rotatable bonds is 5. The molecule has 0 fully saturated rings. The molecule has 0 aliphatic heterocycles. The van der Waals surface area contributed by atoms with Crippen molar-refractivity contribution in [2.24, 2.45) is 0 Å². The average Bonchev–Trinajstić information content (AvgIpc) is 2.52. The van der Waals surface area contributed by atoms with Crippen molar-refractivity contribution in [2.45, 2.75) is 23.3 Å². The number of hydrogen-bond donors (Lipinski definition) is 3. The maximum Gasteiger partial charge on any atom is 0.339 e. The standard InChI is InChI=1S/C14H16Cl3N3O3S/c1-3-10(21)19-12(14(15,16)17)20-13(24)18-9-7-5-4-6-8(9)11(22)23-2/h4-7,12H,3H2,1-2H3,(H,19,21)(H2,18,20,24). The Morgan fingerprint density at radius 3 is 2.42 bits per heavy atom. The van der Waals surface area contributed by atoms with Gasteiger partial charge in [-0.2, -0.15) is 0 Å². The molecule has 132 valence electrons. The quantitative estimate of drug-likeness (QED) is 0.299. The molecule has 1 unspecified atom stereocenters. The Labute approximate surface area is 160 Å². The van der Waals surface area contributed by atoms with Crippen LogP contribution in [0.4, 0.5) is 5.69 Å². The number of nitrogens with one attached hydrogen (secondary N) is 3. The molecule has 0 radical (unpaired) electrons. The van der Waals surface area contributed by atoms with Crippen molar-refractivity contribution in [1.82, 2.24) is 10.6 Å². The predicted molar refractivity (Wildman–Crippen MR) is 99.6 cm³/mol. The van der Waals surface area contributed by atoms with Gasteiger partial charge in [0.2, 0.25) is 9.70 Å². The van der Waals surface area contributed by atoms with E-state index in [2.05, 4.69) is 16.0 Å². The zero-order chi connectivity index (χ0) is 18.3. The van der Waals surface area contributed by atoms with E-state index in [-0.39, 0.29) is 23.0 Å². The van der Waals surface area contributed by atoms with E-state index in [1.165, 1.54) is 7.11 Å². The number of benzene rings is 1. The number of carbonyl (C=O) groups excluding carboxylic acids is 2. The van der Waals surface area contributed by atoms with Gasteiger partial charge in [-0.3, -0.25) is 4.79 Å². The van der Waals surface area contributed by atoms with Crippen molar-refractivity contribution in [2.75, 3.05) is 12.4 Å². The van der Waals surface area contributed by atoms with Crippen LogP contribution in [0, 0.1) is 0 Å². The molecule has 1 aromatic rings. The summed E-state index contributed by atoms with van der Waals surface area (Å²) in [6, 6.07) is 6.60. The van der Waals surface area contributed by atoms with Crippen LogP contribution in [0.5, 0.6) is 0 Å². The molecule has 0 aliphatic carbocycles. The third-order valence-electron chi connectivity index (χ3n) is 2.81. The fourth-order valence-electron chi connectivity index (χ4n) is 1.63. The van der Waals surface area contributed by atoms with Crippen LogP contribution in [0.25, 0.3) is 0 Å². The highest BCUT2D eigenvalue weighted by atomic mass is 35.6. The lowest BCUT2D eigenvalue weighted by atomic mass is 10.2. The SMILES string of the molecule is CCC(=O)NC(NC(=S)Nc1ccccc1C(=O)OC)C(Cl)(Cl)Cl. The maximum absolute atomic E-state index is 11.7. The molecule has 24 heavy (non-hydrogen) atoms. The van der Waals surface area contributed by atoms with Crippen LogP contribution in [0.1, 0.15) is 23.7 Å². The molecule has 1 atom stereocenters. The topological polar surface area (TPSA) is 79.5 Å². The minimum Gasteiger partial charge on any atom is -0.465 e. The van der Waals surface area contributed by atoms with Gasteiger partial charge in [0.25, 0.3) is 0 Å². The summed E-state index contributed by atoms with van der Waals surface area (Å²) in [5.41, 5.74) is 0.693. The summed E-state index contributed by atoms with van der Waals surface area (Å²) in [6.07, 6.45) is -0.843. The number of para-hydroxylation sites is 1. The van der Waals surface area contributed by atoms with E-state index >= 15 is 0 Å². The van der Waals surface area contributed by atoms with Gasteiger partial charge in [0.15, 0.2) is 5.11 Å². The molecular weight excluding hydrogens is 397 g/mol. The monoisotopic (exact) mass is 411 g/mol. The third-order valence-corrected chi connectivity index (χ3v) is 3.68. The van der Waals surface area contributed by atoms with Crippen molar-refractivity contribution in [3.8, 4) is 0 Å². The van der Waals surface area contributed by atoms with Gasteiger partial charge in [0.1, 0.15) is 6.17 Å². The average molecular weight is 413 g/mol. The second kappa shape index (κ2) is 9.27. The summed E-state index contributed by atoms with van der Waals surface area (Å²) in [5, 5.41) is 8.07. The zero-order valence-corrected chi connectivity index (χ0v) is 15.9. The fraction of sp³-hybridized carbons (Fsp3) is 0.357. The van der Waals surface area contributed by atoms with E-state index in [1.807, 2.05) is 0 Å². The molecule has 0 saturated carbocycles. The summed E-state index contributed by atoms with van der Waals surface area (Å²) < 4.78 is 2.86. The molecule has 0 aliphatic rings. The van der Waals surface area contributed by atoms with Crippen molar-refractivity contribution < 1.29 is 14.3 Å². The summed E-state index contributed by atoms with van der Waals surface area (Å²) in [7, 11) is 1.27. The molecule has 0 bridgehead atoms. The number of thiocarbonyl (C=S) groups is 1. The Morgan fingerprint density at radius 1 is 1.25 bits per heavy atom. The Kier molecular flexibility index (Phi) is 8.02. The largest absolute Gasteiger partial charge is 0.465 e. The van der Waals surface area contributed by atoms with Gasteiger partial charge in [0.05, 0.1) is 18.4 Å². The van der Waals surface area contributed by atoms with Crippen molar-refractivity contribution in [3.05, 3.63) is 29.8 Å². The molecule has 0 spiro atoms. The molecule has 3 N–H and O–H groups in total. The molecular formula is C14H16Cl3N3O3S. The fourth-order valence-corrected chi connectivity index (χ4v) is 2.19. The highest BCUT2D eigenvalue weighted by Gasteiger charge is 2.34. The van der Waals surface area contributed by atoms with Gasteiger partial charge in [-0.1, -0.05) is 53.9 Å². The first-order valence-corrected chi connectivity index (χ1v) is 8.34. The first-order chi connectivity index (χ1) is 11.2. The first kappa shape index (κ1) is 20.8. The van der Waals surface area contributed by atoms with Crippen LogP contribution in [-0.2, 0) is 9.53 Å². The van der Waals surface area contributed by atoms with Gasteiger partial charge in [-0.15, -0.1) is 0 Å². The second-order valence-electron chi connectivity index (χ2n) is 4.53. The normalized spacial score (nSPS) is 12.0. The Balaban J connectivity index is 2.87. The number of methoxy groups -OCH3 is 1. The molecule has 0 aromatic heterocycles. The van der Waals surface area contributed by atoms with E-state index in [4.69, 9.17) is 51.8 Å². The summed E-state index contributed by atoms with van der Waals surface area (Å²) >= 11 is 22.7. The second-order valence-corrected chi connectivity index (χ2v) is 7.31. The summed E-state index contributed by atoms with van der Waals surface area (Å²) in [4.78, 5) is 23.3. The zero-order valence-electron chi connectivity index (χ0n) is 12.9. The van der Waals surface area contributed by atoms with Crippen molar-refractivity contribution in [3.63, 3.8) is 0 Å². The lowest BCUT2D eigenvalue weighted by Crippen LogP contribution is -2.56. The summed E-state index contributed by atoms with van der Waals surface area (Å²) in [6.45, 7) is 1.66. The molecule has 6 nitrogen and oxygen atoms in total. The van der Waals surface area contributed by atoms with Gasteiger partial charge < -0.3 is 20.7 Å². The van der Waals surface area contributed by atoms with Gasteiger partial charge in [0, 0.05) is 6.42 Å². The molecule has 1 rings (SSSR count). The Morgan fingerprint density at radius 2 is 1.88 bits per heavy atom. The predicted octanol–water partition coefficient (Wildman–Crippen LogP) is 2.98. The number of amides is 1. The van der Waals surface area contributed by atoms with Crippen LogP contribution in [-0.4, -0.2) is 34.1 Å². The highest BCUT2D eigenvalue weighted by Crippen LogP contribution is 2.29. The van der Waals surface area contributed by atoms with Crippen molar-refractivity contribution >= 4 is 69.7 Å². The molecule has 1 amide bonds. The lowest BCUT2D eigenvalue weighted by molar-refractivity contribution is -0.121. The minimum absolute atomic E-state index is 0.0547. The molecule has 1 aromatic carbocycles. The van der Waals surface area contributed by atoms with Crippen LogP contribution in [0.15, 0.2) is 24.3 Å². The first-order valence-electron chi connectivity index (χ1n) is 6.80. The van der Waals surface area contributed by atoms with Crippen LogP contribution in [0.2, 0.25) is 0 Å². The van der Waals surface area contributed by atoms with E-state index in [1.54, 1.807) is 31.2 Å². The van der Waals surface area contributed by atoms with Crippen LogP contribution < -0.4 is 16.0 Å². The number of ether oxygens (including phenoxy) is 1. The number of hydrogen-bond acceptors (Lipinski definition) is 4. The Hall–Kier alpha value is -1.28. The third kappa shape index (κ3) is 6.32. The molecule has 10 heteroatoms.